The van der Waals surface area contributed by atoms with Crippen LogP contribution in [0.15, 0.2) is 52.5 Å². The highest BCUT2D eigenvalue weighted by Gasteiger charge is 2.22. The van der Waals surface area contributed by atoms with E-state index < -0.39 is 11.9 Å². The summed E-state index contributed by atoms with van der Waals surface area (Å²) in [5, 5.41) is 14.3. The van der Waals surface area contributed by atoms with Crippen molar-refractivity contribution in [2.75, 3.05) is 5.32 Å². The van der Waals surface area contributed by atoms with E-state index >= 15 is 0 Å². The van der Waals surface area contributed by atoms with Gasteiger partial charge in [-0.3, -0.25) is 4.79 Å². The van der Waals surface area contributed by atoms with Crippen LogP contribution in [-0.4, -0.2) is 17.0 Å². The molecule has 1 aliphatic rings. The van der Waals surface area contributed by atoms with E-state index in [0.29, 0.717) is 22.2 Å². The van der Waals surface area contributed by atoms with Crippen molar-refractivity contribution in [1.82, 2.24) is 0 Å². The number of hydrogen-bond acceptors (Lipinski definition) is 4. The monoisotopic (exact) mass is 355 g/mol. The van der Waals surface area contributed by atoms with E-state index in [1.165, 1.54) is 29.8 Å². The molecule has 3 rings (SSSR count). The van der Waals surface area contributed by atoms with Crippen molar-refractivity contribution in [3.63, 3.8) is 0 Å². The molecule has 128 valence electrons. The van der Waals surface area contributed by atoms with Gasteiger partial charge in [0.15, 0.2) is 0 Å². The summed E-state index contributed by atoms with van der Waals surface area (Å²) in [6.45, 7) is 2.10. The summed E-state index contributed by atoms with van der Waals surface area (Å²) >= 11 is 1.21. The van der Waals surface area contributed by atoms with E-state index in [-0.39, 0.29) is 5.56 Å². The molecule has 25 heavy (non-hydrogen) atoms. The van der Waals surface area contributed by atoms with Crippen LogP contribution in [0, 0.1) is 5.92 Å². The number of rotatable bonds is 5. The Morgan fingerprint density at radius 3 is 2.92 bits per heavy atom. The van der Waals surface area contributed by atoms with Crippen LogP contribution >= 0.6 is 11.3 Å². The topological polar surface area (TPSA) is 79.5 Å². The predicted molar refractivity (Wildman–Crippen MR) is 98.5 cm³/mol. The highest BCUT2D eigenvalue weighted by Crippen LogP contribution is 2.35. The summed E-state index contributed by atoms with van der Waals surface area (Å²) in [7, 11) is 0. The van der Waals surface area contributed by atoms with Gasteiger partial charge in [0.2, 0.25) is 5.91 Å². The van der Waals surface area contributed by atoms with Gasteiger partial charge in [-0.05, 0) is 36.1 Å². The molecule has 0 saturated carbocycles. The summed E-state index contributed by atoms with van der Waals surface area (Å²) in [4.78, 5) is 23.8. The van der Waals surface area contributed by atoms with Crippen molar-refractivity contribution < 1.29 is 19.1 Å². The van der Waals surface area contributed by atoms with Crippen LogP contribution in [0.1, 0.15) is 35.0 Å². The number of furan rings is 1. The molecule has 0 aliphatic heterocycles. The average molecular weight is 355 g/mol. The van der Waals surface area contributed by atoms with E-state index in [9.17, 15) is 14.7 Å². The molecule has 0 bridgehead atoms. The molecule has 0 fully saturated rings. The number of carboxylic acids is 1. The van der Waals surface area contributed by atoms with Gasteiger partial charge in [0.1, 0.15) is 16.3 Å². The van der Waals surface area contributed by atoms with Gasteiger partial charge < -0.3 is 14.8 Å². The number of carbonyl (C=O) groups is 2. The van der Waals surface area contributed by atoms with Crippen molar-refractivity contribution in [3.05, 3.63) is 65.0 Å². The van der Waals surface area contributed by atoms with Crippen molar-refractivity contribution in [3.8, 4) is 0 Å². The molecule has 1 aliphatic carbocycles. The van der Waals surface area contributed by atoms with Gasteiger partial charge in [-0.1, -0.05) is 25.2 Å². The number of aromatic carboxylic acids is 1. The van der Waals surface area contributed by atoms with E-state index in [1.807, 2.05) is 12.2 Å². The maximum absolute atomic E-state index is 12.1. The normalized spacial score (nSPS) is 16.8. The van der Waals surface area contributed by atoms with Gasteiger partial charge in [-0.25, -0.2) is 4.79 Å². The Morgan fingerprint density at radius 2 is 2.28 bits per heavy atom. The third-order valence-electron chi connectivity index (χ3n) is 3.81. The van der Waals surface area contributed by atoms with E-state index in [2.05, 4.69) is 18.3 Å². The van der Waals surface area contributed by atoms with Crippen LogP contribution in [0.5, 0.6) is 0 Å². The molecule has 2 heterocycles. The molecule has 0 radical (unpaired) electrons. The largest absolute Gasteiger partial charge is 0.478 e. The summed E-state index contributed by atoms with van der Waals surface area (Å²) in [5.74, 6) is -0.475. The number of thiophene rings is 1. The first-order chi connectivity index (χ1) is 12.0. The highest BCUT2D eigenvalue weighted by atomic mass is 32.1. The minimum Gasteiger partial charge on any atom is -0.478 e. The number of anilines is 1. The molecule has 6 heteroatoms. The minimum atomic E-state index is -1.06. The number of nitrogens with one attached hydrogen (secondary N) is 1. The molecule has 1 amide bonds. The summed E-state index contributed by atoms with van der Waals surface area (Å²) in [6, 6.07) is 3.44. The number of hydrogen-bond donors (Lipinski definition) is 2. The van der Waals surface area contributed by atoms with Crippen LogP contribution in [0.3, 0.4) is 0 Å². The van der Waals surface area contributed by atoms with Crippen LogP contribution < -0.4 is 5.32 Å². The third kappa shape index (κ3) is 3.97. The Balaban J connectivity index is 1.81. The molecule has 1 unspecified atom stereocenters. The quantitative estimate of drug-likeness (QED) is 0.764. The SMILES string of the molecule is CC1C=CC(c2csc(NC(=O)/C=C/c3ccco3)c2C(=O)O)=CC1. The lowest BCUT2D eigenvalue weighted by atomic mass is 9.93. The zero-order valence-corrected chi connectivity index (χ0v) is 14.4. The zero-order valence-electron chi connectivity index (χ0n) is 13.6. The molecule has 2 aromatic heterocycles. The fourth-order valence-electron chi connectivity index (χ4n) is 2.50. The first-order valence-electron chi connectivity index (χ1n) is 7.80. The van der Waals surface area contributed by atoms with Crippen molar-refractivity contribution in [2.45, 2.75) is 13.3 Å². The zero-order chi connectivity index (χ0) is 17.8. The second kappa shape index (κ2) is 7.36. The Labute approximate surface area is 149 Å². The van der Waals surface area contributed by atoms with Crippen molar-refractivity contribution in [2.24, 2.45) is 5.92 Å². The van der Waals surface area contributed by atoms with E-state index in [0.717, 1.165) is 12.0 Å². The Morgan fingerprint density at radius 1 is 1.44 bits per heavy atom. The number of carbonyl (C=O) groups excluding carboxylic acids is 1. The second-order valence-electron chi connectivity index (χ2n) is 5.73. The lowest BCUT2D eigenvalue weighted by molar-refractivity contribution is -0.111. The fourth-order valence-corrected chi connectivity index (χ4v) is 3.46. The molecule has 0 saturated heterocycles. The van der Waals surface area contributed by atoms with Gasteiger partial charge in [0, 0.05) is 17.0 Å². The first kappa shape index (κ1) is 17.0. The standard InChI is InChI=1S/C19H17NO4S/c1-12-4-6-13(7-5-12)15-11-25-18(17(15)19(22)23)20-16(21)9-8-14-3-2-10-24-14/h2-4,6-12H,5H2,1H3,(H,20,21)(H,22,23)/b9-8+. The fraction of sp³-hybridized carbons (Fsp3) is 0.158. The number of allylic oxidation sites excluding steroid dienone is 4. The Bertz CT molecular complexity index is 871. The lowest BCUT2D eigenvalue weighted by Crippen LogP contribution is -2.11. The molecule has 0 spiro atoms. The van der Waals surface area contributed by atoms with Gasteiger partial charge in [0.25, 0.3) is 0 Å². The molecule has 2 N–H and O–H groups in total. The van der Waals surface area contributed by atoms with Crippen LogP contribution in [0.25, 0.3) is 11.6 Å². The molecule has 5 nitrogen and oxygen atoms in total. The Hall–Kier alpha value is -2.86. The van der Waals surface area contributed by atoms with Crippen LogP contribution in [-0.2, 0) is 4.79 Å². The maximum Gasteiger partial charge on any atom is 0.339 e. The van der Waals surface area contributed by atoms with Crippen molar-refractivity contribution >= 4 is 39.9 Å². The van der Waals surface area contributed by atoms with E-state index in [4.69, 9.17) is 4.42 Å². The Kier molecular flexibility index (Phi) is 5.00. The predicted octanol–water partition coefficient (Wildman–Crippen LogP) is 4.67. The highest BCUT2D eigenvalue weighted by molar-refractivity contribution is 7.15. The smallest absolute Gasteiger partial charge is 0.339 e. The molecule has 2 aromatic rings. The summed E-state index contributed by atoms with van der Waals surface area (Å²) in [6.07, 6.45) is 11.2. The number of carboxylic acid groups (broad SMARTS) is 1. The minimum absolute atomic E-state index is 0.121. The first-order valence-corrected chi connectivity index (χ1v) is 8.68. The molecular formula is C19H17NO4S. The summed E-state index contributed by atoms with van der Waals surface area (Å²) in [5.41, 5.74) is 1.62. The van der Waals surface area contributed by atoms with Crippen LogP contribution in [0.4, 0.5) is 5.00 Å². The lowest BCUT2D eigenvalue weighted by Gasteiger charge is -2.12. The van der Waals surface area contributed by atoms with Gasteiger partial charge in [-0.2, -0.15) is 0 Å². The molecule has 0 aromatic carbocycles. The van der Waals surface area contributed by atoms with Crippen LogP contribution in [0.2, 0.25) is 0 Å². The number of amides is 1. The third-order valence-corrected chi connectivity index (χ3v) is 4.70. The molecule has 1 atom stereocenters. The van der Waals surface area contributed by atoms with Gasteiger partial charge >= 0.3 is 5.97 Å². The summed E-state index contributed by atoms with van der Waals surface area (Å²) < 4.78 is 5.11. The average Bonchev–Trinajstić information content (AvgIpc) is 3.23. The van der Waals surface area contributed by atoms with Gasteiger partial charge in [-0.15, -0.1) is 11.3 Å². The second-order valence-corrected chi connectivity index (χ2v) is 6.61. The van der Waals surface area contributed by atoms with Crippen molar-refractivity contribution in [1.29, 1.82) is 0 Å². The molecular weight excluding hydrogens is 338 g/mol. The van der Waals surface area contributed by atoms with Gasteiger partial charge in [0.05, 0.1) is 6.26 Å². The maximum atomic E-state index is 12.1. The van der Waals surface area contributed by atoms with E-state index in [1.54, 1.807) is 17.5 Å².